The van der Waals surface area contributed by atoms with Gasteiger partial charge in [0.2, 0.25) is 10.0 Å². The SMILES string of the molecule is CCCC(C)NS(=O)(=O)c1c(C)cc(N)cc1C. The molecule has 0 saturated heterocycles. The molecule has 0 aliphatic rings. The number of sulfonamides is 1. The van der Waals surface area contributed by atoms with Crippen molar-refractivity contribution in [2.24, 2.45) is 0 Å². The van der Waals surface area contributed by atoms with Crippen LogP contribution in [0.1, 0.15) is 37.8 Å². The summed E-state index contributed by atoms with van der Waals surface area (Å²) in [4.78, 5) is 0.347. The third-order valence-electron chi connectivity index (χ3n) is 2.83. The average Bonchev–Trinajstić information content (AvgIpc) is 2.13. The third-order valence-corrected chi connectivity index (χ3v) is 4.72. The van der Waals surface area contributed by atoms with E-state index in [-0.39, 0.29) is 6.04 Å². The van der Waals surface area contributed by atoms with E-state index in [4.69, 9.17) is 5.73 Å². The van der Waals surface area contributed by atoms with Gasteiger partial charge in [-0.2, -0.15) is 0 Å². The van der Waals surface area contributed by atoms with E-state index in [1.807, 2.05) is 13.8 Å². The molecule has 1 unspecified atom stereocenters. The Morgan fingerprint density at radius 3 is 2.22 bits per heavy atom. The van der Waals surface area contributed by atoms with E-state index in [9.17, 15) is 8.42 Å². The number of nitrogens with one attached hydrogen (secondary N) is 1. The molecule has 1 aromatic carbocycles. The Bertz CT molecular complexity index is 501. The summed E-state index contributed by atoms with van der Waals surface area (Å²) in [6, 6.07) is 3.31. The zero-order chi connectivity index (χ0) is 13.9. The normalized spacial score (nSPS) is 13.6. The van der Waals surface area contributed by atoms with Crippen molar-refractivity contribution in [3.63, 3.8) is 0 Å². The standard InChI is InChI=1S/C13H22N2O2S/c1-5-6-11(4)15-18(16,17)13-9(2)7-12(14)8-10(13)3/h7-8,11,15H,5-6,14H2,1-4H3. The molecule has 5 heteroatoms. The van der Waals surface area contributed by atoms with Gasteiger partial charge in [-0.3, -0.25) is 0 Å². The van der Waals surface area contributed by atoms with Crippen molar-refractivity contribution in [1.82, 2.24) is 4.72 Å². The Morgan fingerprint density at radius 1 is 1.28 bits per heavy atom. The smallest absolute Gasteiger partial charge is 0.241 e. The average molecular weight is 270 g/mol. The van der Waals surface area contributed by atoms with Gasteiger partial charge in [0.1, 0.15) is 0 Å². The van der Waals surface area contributed by atoms with Crippen molar-refractivity contribution < 1.29 is 8.42 Å². The lowest BCUT2D eigenvalue weighted by Crippen LogP contribution is -2.33. The van der Waals surface area contributed by atoms with Crippen molar-refractivity contribution in [2.75, 3.05) is 5.73 Å². The molecule has 3 N–H and O–H groups in total. The van der Waals surface area contributed by atoms with Crippen LogP contribution in [-0.4, -0.2) is 14.5 Å². The maximum atomic E-state index is 12.3. The van der Waals surface area contributed by atoms with Crippen molar-refractivity contribution >= 4 is 15.7 Å². The lowest BCUT2D eigenvalue weighted by Gasteiger charge is -2.16. The van der Waals surface area contributed by atoms with Gasteiger partial charge in [-0.05, 0) is 50.5 Å². The summed E-state index contributed by atoms with van der Waals surface area (Å²) in [6.07, 6.45) is 1.77. The summed E-state index contributed by atoms with van der Waals surface area (Å²) in [5.41, 5.74) is 7.66. The molecule has 0 saturated carbocycles. The van der Waals surface area contributed by atoms with E-state index < -0.39 is 10.0 Å². The van der Waals surface area contributed by atoms with Crippen LogP contribution in [0.15, 0.2) is 17.0 Å². The van der Waals surface area contributed by atoms with E-state index in [1.54, 1.807) is 26.0 Å². The van der Waals surface area contributed by atoms with E-state index >= 15 is 0 Å². The Labute approximate surface area is 110 Å². The molecule has 0 bridgehead atoms. The maximum absolute atomic E-state index is 12.3. The Morgan fingerprint density at radius 2 is 1.78 bits per heavy atom. The molecule has 1 aromatic rings. The Balaban J connectivity index is 3.13. The minimum absolute atomic E-state index is 0.0589. The zero-order valence-electron chi connectivity index (χ0n) is 11.4. The van der Waals surface area contributed by atoms with E-state index in [0.29, 0.717) is 21.7 Å². The molecular formula is C13H22N2O2S. The van der Waals surface area contributed by atoms with E-state index in [2.05, 4.69) is 4.72 Å². The monoisotopic (exact) mass is 270 g/mol. The fourth-order valence-corrected chi connectivity index (χ4v) is 3.95. The minimum Gasteiger partial charge on any atom is -0.399 e. The molecule has 0 aliphatic carbocycles. The molecule has 0 spiro atoms. The van der Waals surface area contributed by atoms with Crippen LogP contribution in [0, 0.1) is 13.8 Å². The second-order valence-corrected chi connectivity index (χ2v) is 6.45. The van der Waals surface area contributed by atoms with Gasteiger partial charge in [0.05, 0.1) is 4.90 Å². The van der Waals surface area contributed by atoms with Crippen molar-refractivity contribution in [1.29, 1.82) is 0 Å². The van der Waals surface area contributed by atoms with Crippen LogP contribution in [0.25, 0.3) is 0 Å². The number of hydrogen-bond donors (Lipinski definition) is 2. The number of benzene rings is 1. The predicted octanol–water partition coefficient (Wildman–Crippen LogP) is 2.35. The largest absolute Gasteiger partial charge is 0.399 e. The highest BCUT2D eigenvalue weighted by Crippen LogP contribution is 2.23. The van der Waals surface area contributed by atoms with Crippen LogP contribution >= 0.6 is 0 Å². The lowest BCUT2D eigenvalue weighted by atomic mass is 10.1. The summed E-state index contributed by atoms with van der Waals surface area (Å²) in [7, 11) is -3.47. The Kier molecular flexibility index (Phi) is 4.76. The molecule has 1 atom stereocenters. The first-order valence-corrected chi connectivity index (χ1v) is 7.65. The second-order valence-electron chi connectivity index (χ2n) is 4.79. The van der Waals surface area contributed by atoms with Gasteiger partial charge < -0.3 is 5.73 Å². The number of aryl methyl sites for hydroxylation is 2. The number of anilines is 1. The van der Waals surface area contributed by atoms with Crippen molar-refractivity contribution in [3.8, 4) is 0 Å². The summed E-state index contributed by atoms with van der Waals surface area (Å²) < 4.78 is 27.3. The number of nitrogen functional groups attached to an aromatic ring is 1. The first-order chi connectivity index (χ1) is 8.27. The summed E-state index contributed by atoms with van der Waals surface area (Å²) in [5, 5.41) is 0. The molecule has 4 nitrogen and oxygen atoms in total. The van der Waals surface area contributed by atoms with Crippen LogP contribution in [-0.2, 0) is 10.0 Å². The molecule has 0 radical (unpaired) electrons. The highest BCUT2D eigenvalue weighted by Gasteiger charge is 2.21. The Hall–Kier alpha value is -1.07. The van der Waals surface area contributed by atoms with Gasteiger partial charge in [0, 0.05) is 11.7 Å². The van der Waals surface area contributed by atoms with Crippen LogP contribution in [0.3, 0.4) is 0 Å². The summed E-state index contributed by atoms with van der Waals surface area (Å²) >= 11 is 0. The predicted molar refractivity (Wildman–Crippen MR) is 75.0 cm³/mol. The fourth-order valence-electron chi connectivity index (χ4n) is 2.22. The highest BCUT2D eigenvalue weighted by molar-refractivity contribution is 7.89. The van der Waals surface area contributed by atoms with Gasteiger partial charge >= 0.3 is 0 Å². The summed E-state index contributed by atoms with van der Waals surface area (Å²) in [5.74, 6) is 0. The van der Waals surface area contributed by atoms with Crippen LogP contribution in [0.5, 0.6) is 0 Å². The molecule has 18 heavy (non-hydrogen) atoms. The fraction of sp³-hybridized carbons (Fsp3) is 0.538. The molecule has 0 fully saturated rings. The molecule has 0 amide bonds. The zero-order valence-corrected chi connectivity index (χ0v) is 12.3. The number of hydrogen-bond acceptors (Lipinski definition) is 3. The second kappa shape index (κ2) is 5.71. The van der Waals surface area contributed by atoms with Gasteiger partial charge in [-0.1, -0.05) is 13.3 Å². The summed E-state index contributed by atoms with van der Waals surface area (Å²) in [6.45, 7) is 7.44. The highest BCUT2D eigenvalue weighted by atomic mass is 32.2. The lowest BCUT2D eigenvalue weighted by molar-refractivity contribution is 0.543. The topological polar surface area (TPSA) is 72.2 Å². The first-order valence-electron chi connectivity index (χ1n) is 6.17. The van der Waals surface area contributed by atoms with Gasteiger partial charge in [0.15, 0.2) is 0 Å². The van der Waals surface area contributed by atoms with Gasteiger partial charge in [-0.25, -0.2) is 13.1 Å². The van der Waals surface area contributed by atoms with Crippen LogP contribution in [0.4, 0.5) is 5.69 Å². The number of nitrogens with two attached hydrogens (primary N) is 1. The molecule has 0 aromatic heterocycles. The van der Waals surface area contributed by atoms with Gasteiger partial charge in [0.25, 0.3) is 0 Å². The van der Waals surface area contributed by atoms with E-state index in [1.165, 1.54) is 0 Å². The minimum atomic E-state index is -3.47. The molecule has 102 valence electrons. The van der Waals surface area contributed by atoms with Gasteiger partial charge in [-0.15, -0.1) is 0 Å². The molecule has 0 aliphatic heterocycles. The van der Waals surface area contributed by atoms with Crippen LogP contribution in [0.2, 0.25) is 0 Å². The van der Waals surface area contributed by atoms with Crippen molar-refractivity contribution in [3.05, 3.63) is 23.3 Å². The third kappa shape index (κ3) is 3.46. The maximum Gasteiger partial charge on any atom is 0.241 e. The molecule has 0 heterocycles. The van der Waals surface area contributed by atoms with E-state index in [0.717, 1.165) is 12.8 Å². The first kappa shape index (κ1) is 15.0. The quantitative estimate of drug-likeness (QED) is 0.807. The van der Waals surface area contributed by atoms with Crippen LogP contribution < -0.4 is 10.5 Å². The van der Waals surface area contributed by atoms with Crippen molar-refractivity contribution in [2.45, 2.75) is 51.5 Å². The number of rotatable bonds is 5. The molecule has 1 rings (SSSR count). The molecular weight excluding hydrogens is 248 g/mol.